The lowest BCUT2D eigenvalue weighted by Crippen LogP contribution is -1.94. The van der Waals surface area contributed by atoms with Gasteiger partial charge in [-0.3, -0.25) is 9.55 Å². The second kappa shape index (κ2) is 7.88. The Morgan fingerprint density at radius 1 is 0.541 bits per heavy atom. The second-order valence-electron chi connectivity index (χ2n) is 9.13. The number of hydrogen-bond donors (Lipinski definition) is 0. The van der Waals surface area contributed by atoms with Crippen molar-refractivity contribution in [2.75, 3.05) is 0 Å². The molecule has 0 saturated carbocycles. The zero-order valence-corrected chi connectivity index (χ0v) is 20.6. The maximum Gasteiger partial charge on any atom is 0.125 e. The molecule has 4 aromatic heterocycles. The zero-order chi connectivity index (χ0) is 24.3. The van der Waals surface area contributed by atoms with Gasteiger partial charge in [0.1, 0.15) is 10.0 Å². The summed E-state index contributed by atoms with van der Waals surface area (Å²) in [5.74, 6) is 0. The van der Waals surface area contributed by atoms with Crippen LogP contribution in [0.25, 0.3) is 64.9 Å². The molecule has 0 radical (unpaired) electrons. The number of benzene rings is 4. The van der Waals surface area contributed by atoms with Crippen LogP contribution in [-0.2, 0) is 0 Å². The van der Waals surface area contributed by atoms with E-state index < -0.39 is 0 Å². The lowest BCUT2D eigenvalue weighted by molar-refractivity contribution is 1.15. The molecular weight excluding hydrogens is 472 g/mol. The third-order valence-corrected chi connectivity index (χ3v) is 8.16. The van der Waals surface area contributed by atoms with Gasteiger partial charge in [-0.15, -0.1) is 0 Å². The summed E-state index contributed by atoms with van der Waals surface area (Å²) < 4.78 is 4.71. The van der Waals surface area contributed by atoms with Gasteiger partial charge < -0.3 is 4.57 Å². The van der Waals surface area contributed by atoms with Crippen LogP contribution < -0.4 is 0 Å². The molecule has 0 atom stereocenters. The summed E-state index contributed by atoms with van der Waals surface area (Å²) in [6.07, 6.45) is 5.71. The van der Waals surface area contributed by atoms with Crippen molar-refractivity contribution in [3.8, 4) is 21.3 Å². The van der Waals surface area contributed by atoms with Crippen molar-refractivity contribution in [3.05, 3.63) is 122 Å². The smallest absolute Gasteiger partial charge is 0.125 e. The molecule has 8 aromatic rings. The van der Waals surface area contributed by atoms with Crippen LogP contribution in [-0.4, -0.2) is 19.1 Å². The van der Waals surface area contributed by atoms with Crippen LogP contribution in [0.2, 0.25) is 0 Å². The van der Waals surface area contributed by atoms with Gasteiger partial charge in [-0.1, -0.05) is 78.1 Å². The number of rotatable bonds is 3. The molecule has 0 N–H and O–H groups in total. The first-order valence-corrected chi connectivity index (χ1v) is 13.1. The van der Waals surface area contributed by atoms with Gasteiger partial charge in [-0.05, 0) is 36.4 Å². The van der Waals surface area contributed by atoms with Gasteiger partial charge in [0.2, 0.25) is 0 Å². The van der Waals surface area contributed by atoms with Gasteiger partial charge in [-0.2, -0.15) is 0 Å². The van der Waals surface area contributed by atoms with Crippen LogP contribution in [0.5, 0.6) is 0 Å². The maximum atomic E-state index is 4.80. The van der Waals surface area contributed by atoms with E-state index >= 15 is 0 Å². The van der Waals surface area contributed by atoms with Crippen molar-refractivity contribution in [3.63, 3.8) is 0 Å². The van der Waals surface area contributed by atoms with Crippen LogP contribution in [0.1, 0.15) is 0 Å². The minimum atomic E-state index is 1.02. The molecule has 0 aliphatic heterocycles. The summed E-state index contributed by atoms with van der Waals surface area (Å²) in [5, 5.41) is 7.17. The molecule has 0 aliphatic rings. The Hall–Kier alpha value is -4.74. The third-order valence-electron chi connectivity index (χ3n) is 7.13. The average molecular weight is 493 g/mol. The fraction of sp³-hybridized carbons (Fsp3) is 0. The van der Waals surface area contributed by atoms with E-state index in [1.807, 2.05) is 24.7 Å². The predicted molar refractivity (Wildman–Crippen MR) is 154 cm³/mol. The van der Waals surface area contributed by atoms with E-state index in [2.05, 4.69) is 111 Å². The lowest BCUT2D eigenvalue weighted by Gasteiger charge is -2.07. The van der Waals surface area contributed by atoms with E-state index in [1.54, 1.807) is 11.3 Å². The highest BCUT2D eigenvalue weighted by molar-refractivity contribution is 7.17. The molecule has 37 heavy (non-hydrogen) atoms. The molecule has 0 fully saturated rings. The van der Waals surface area contributed by atoms with E-state index in [-0.39, 0.29) is 0 Å². The van der Waals surface area contributed by atoms with Crippen molar-refractivity contribution in [2.24, 2.45) is 0 Å². The molecule has 0 unspecified atom stereocenters. The van der Waals surface area contributed by atoms with Gasteiger partial charge in [0.15, 0.2) is 0 Å². The summed E-state index contributed by atoms with van der Waals surface area (Å²) in [4.78, 5) is 9.05. The van der Waals surface area contributed by atoms with E-state index in [0.717, 1.165) is 21.3 Å². The van der Waals surface area contributed by atoms with E-state index in [1.165, 1.54) is 43.6 Å². The Morgan fingerprint density at radius 2 is 1.14 bits per heavy atom. The highest BCUT2D eigenvalue weighted by Gasteiger charge is 2.21. The highest BCUT2D eigenvalue weighted by Crippen LogP contribution is 2.43. The number of para-hydroxylation sites is 2. The monoisotopic (exact) mass is 492 g/mol. The van der Waals surface area contributed by atoms with Crippen molar-refractivity contribution in [2.45, 2.75) is 0 Å². The normalized spacial score (nSPS) is 11.8. The standard InChI is InChI=1S/C32H20N4S/c1-2-8-21(9-3-1)32-34-20-29(37-32)36-26-13-7-5-11-24(26)31-28(36)15-14-27-30(31)23-10-4-6-12-25(23)35(27)22-16-18-33-19-17-22/h1-20H. The molecule has 4 heterocycles. The Bertz CT molecular complexity index is 2080. The largest absolute Gasteiger partial charge is 0.309 e. The van der Waals surface area contributed by atoms with Gasteiger partial charge in [0.05, 0.1) is 28.3 Å². The van der Waals surface area contributed by atoms with Crippen molar-refractivity contribution < 1.29 is 0 Å². The van der Waals surface area contributed by atoms with Crippen LogP contribution in [0, 0.1) is 0 Å². The Balaban J connectivity index is 1.50. The number of aromatic nitrogens is 4. The maximum absolute atomic E-state index is 4.80. The Morgan fingerprint density at radius 3 is 1.84 bits per heavy atom. The van der Waals surface area contributed by atoms with Crippen molar-refractivity contribution >= 4 is 54.9 Å². The first-order valence-electron chi connectivity index (χ1n) is 12.3. The number of fused-ring (bicyclic) bond motifs is 7. The first kappa shape index (κ1) is 20.5. The van der Waals surface area contributed by atoms with Crippen LogP contribution in [0.4, 0.5) is 0 Å². The topological polar surface area (TPSA) is 35.6 Å². The number of nitrogens with zero attached hydrogens (tertiary/aromatic N) is 4. The molecule has 8 rings (SSSR count). The summed E-state index contributed by atoms with van der Waals surface area (Å²) >= 11 is 1.72. The SMILES string of the molecule is c1ccc(-c2ncc(-n3c4ccccc4c4c5c6ccccc6n(-c6ccncc6)c5ccc43)s2)cc1. The summed E-state index contributed by atoms with van der Waals surface area (Å²) in [6.45, 7) is 0. The second-order valence-corrected chi connectivity index (χ2v) is 10.1. The molecule has 5 heteroatoms. The zero-order valence-electron chi connectivity index (χ0n) is 19.7. The molecule has 0 saturated heterocycles. The average Bonchev–Trinajstić information content (AvgIpc) is 3.66. The lowest BCUT2D eigenvalue weighted by atomic mass is 10.1. The molecule has 4 nitrogen and oxygen atoms in total. The van der Waals surface area contributed by atoms with Crippen LogP contribution in [0.15, 0.2) is 122 Å². The third kappa shape index (κ3) is 2.95. The van der Waals surface area contributed by atoms with E-state index in [4.69, 9.17) is 4.98 Å². The summed E-state index contributed by atoms with van der Waals surface area (Å²) in [7, 11) is 0. The van der Waals surface area contributed by atoms with E-state index in [0.29, 0.717) is 0 Å². The Kier molecular flexibility index (Phi) is 4.36. The molecule has 0 aliphatic carbocycles. The van der Waals surface area contributed by atoms with E-state index in [9.17, 15) is 0 Å². The van der Waals surface area contributed by atoms with Crippen LogP contribution >= 0.6 is 11.3 Å². The van der Waals surface area contributed by atoms with Crippen LogP contribution in [0.3, 0.4) is 0 Å². The molecule has 174 valence electrons. The fourth-order valence-corrected chi connectivity index (χ4v) is 6.56. The Labute approximate surface area is 216 Å². The number of thiazole rings is 1. The number of hydrogen-bond acceptors (Lipinski definition) is 3. The summed E-state index contributed by atoms with van der Waals surface area (Å²) in [6, 6.07) is 36.5. The first-order chi connectivity index (χ1) is 18.4. The quantitative estimate of drug-likeness (QED) is 0.248. The highest BCUT2D eigenvalue weighted by atomic mass is 32.1. The minimum Gasteiger partial charge on any atom is -0.309 e. The molecular formula is C32H20N4S. The van der Waals surface area contributed by atoms with Crippen molar-refractivity contribution in [1.29, 1.82) is 0 Å². The number of pyridine rings is 1. The van der Waals surface area contributed by atoms with Gasteiger partial charge in [0, 0.05) is 45.2 Å². The summed E-state index contributed by atoms with van der Waals surface area (Å²) in [5.41, 5.74) is 7.01. The van der Waals surface area contributed by atoms with Gasteiger partial charge >= 0.3 is 0 Å². The molecule has 4 aromatic carbocycles. The minimum absolute atomic E-state index is 1.02. The predicted octanol–water partition coefficient (Wildman–Crippen LogP) is 8.40. The molecule has 0 amide bonds. The van der Waals surface area contributed by atoms with Crippen molar-refractivity contribution in [1.82, 2.24) is 19.1 Å². The molecule has 0 spiro atoms. The fourth-order valence-electron chi connectivity index (χ4n) is 5.61. The van der Waals surface area contributed by atoms with Gasteiger partial charge in [0.25, 0.3) is 0 Å². The molecule has 0 bridgehead atoms. The van der Waals surface area contributed by atoms with Gasteiger partial charge in [-0.25, -0.2) is 4.98 Å².